The molecular weight excluding hydrogens is 364 g/mol. The fraction of sp³-hybridized carbons (Fsp3) is 0.696. The molecule has 0 aromatic carbocycles. The van der Waals surface area contributed by atoms with Crippen LogP contribution in [0.4, 0.5) is 0 Å². The SMILES string of the molecule is CC(C)=CC[C@]1(C(=O)N2CCCCC2)C[C@H]2CC[C@@H]1N2C(=O)CCc1cn[nH]c1. The Bertz CT molecular complexity index is 762. The third-order valence-electron chi connectivity index (χ3n) is 7.15. The number of likely N-dealkylation sites (tertiary alicyclic amines) is 1. The quantitative estimate of drug-likeness (QED) is 0.746. The normalized spacial score (nSPS) is 28.6. The van der Waals surface area contributed by atoms with E-state index in [1.165, 1.54) is 12.0 Å². The topological polar surface area (TPSA) is 69.3 Å². The van der Waals surface area contributed by atoms with E-state index in [1.54, 1.807) is 6.20 Å². The lowest BCUT2D eigenvalue weighted by atomic mass is 9.70. The van der Waals surface area contributed by atoms with Gasteiger partial charge in [-0.1, -0.05) is 11.6 Å². The van der Waals surface area contributed by atoms with Gasteiger partial charge in [-0.2, -0.15) is 5.10 Å². The van der Waals surface area contributed by atoms with Crippen LogP contribution in [0.25, 0.3) is 0 Å². The zero-order valence-corrected chi connectivity index (χ0v) is 17.8. The van der Waals surface area contributed by atoms with Gasteiger partial charge >= 0.3 is 0 Å². The number of hydrogen-bond donors (Lipinski definition) is 1. The van der Waals surface area contributed by atoms with Crippen molar-refractivity contribution in [2.24, 2.45) is 5.41 Å². The number of hydrogen-bond acceptors (Lipinski definition) is 3. The third kappa shape index (κ3) is 3.86. The summed E-state index contributed by atoms with van der Waals surface area (Å²) < 4.78 is 0. The molecule has 0 aliphatic carbocycles. The monoisotopic (exact) mass is 398 g/mol. The number of carbonyl (C=O) groups is 2. The number of nitrogens with zero attached hydrogens (tertiary/aromatic N) is 3. The number of fused-ring (bicyclic) bond motifs is 2. The summed E-state index contributed by atoms with van der Waals surface area (Å²) in [5, 5.41) is 6.79. The fourth-order valence-corrected chi connectivity index (χ4v) is 5.69. The Hall–Kier alpha value is -2.11. The van der Waals surface area contributed by atoms with E-state index in [4.69, 9.17) is 0 Å². The molecular formula is C23H34N4O2. The van der Waals surface area contributed by atoms with Crippen molar-refractivity contribution < 1.29 is 9.59 Å². The molecule has 2 amide bonds. The highest BCUT2D eigenvalue weighted by molar-refractivity contribution is 5.87. The fourth-order valence-electron chi connectivity index (χ4n) is 5.69. The molecule has 4 rings (SSSR count). The molecule has 0 saturated carbocycles. The summed E-state index contributed by atoms with van der Waals surface area (Å²) in [6.07, 6.45) is 14.0. The second-order valence-corrected chi connectivity index (χ2v) is 9.35. The van der Waals surface area contributed by atoms with Gasteiger partial charge in [-0.05, 0) is 70.8 Å². The van der Waals surface area contributed by atoms with Crippen LogP contribution < -0.4 is 0 Å². The lowest BCUT2D eigenvalue weighted by Gasteiger charge is -2.41. The predicted molar refractivity (Wildman–Crippen MR) is 112 cm³/mol. The minimum atomic E-state index is -0.428. The number of H-pyrrole nitrogens is 1. The van der Waals surface area contributed by atoms with Crippen LogP contribution in [0.1, 0.15) is 70.8 Å². The van der Waals surface area contributed by atoms with Crippen LogP contribution in [0.3, 0.4) is 0 Å². The van der Waals surface area contributed by atoms with Crippen molar-refractivity contribution in [2.75, 3.05) is 13.1 Å². The maximum absolute atomic E-state index is 13.8. The number of aromatic amines is 1. The first-order valence-corrected chi connectivity index (χ1v) is 11.2. The van der Waals surface area contributed by atoms with Gasteiger partial charge in [0.05, 0.1) is 11.6 Å². The lowest BCUT2D eigenvalue weighted by molar-refractivity contribution is -0.146. The number of carbonyl (C=O) groups excluding carboxylic acids is 2. The molecule has 1 N–H and O–H groups in total. The highest BCUT2D eigenvalue weighted by Gasteiger charge is 2.61. The Labute approximate surface area is 173 Å². The van der Waals surface area contributed by atoms with Crippen molar-refractivity contribution in [1.29, 1.82) is 0 Å². The number of rotatable bonds is 6. The number of nitrogens with one attached hydrogen (secondary N) is 1. The second kappa shape index (κ2) is 8.33. The number of amides is 2. The molecule has 3 aliphatic rings. The summed E-state index contributed by atoms with van der Waals surface area (Å²) >= 11 is 0. The molecule has 158 valence electrons. The molecule has 29 heavy (non-hydrogen) atoms. The van der Waals surface area contributed by atoms with E-state index in [9.17, 15) is 9.59 Å². The number of allylic oxidation sites excluding steroid dienone is 2. The summed E-state index contributed by atoms with van der Waals surface area (Å²) in [5.41, 5.74) is 1.88. The minimum absolute atomic E-state index is 0.0503. The van der Waals surface area contributed by atoms with E-state index in [-0.39, 0.29) is 18.0 Å². The average molecular weight is 399 g/mol. The molecule has 3 atom stereocenters. The Morgan fingerprint density at radius 2 is 2.03 bits per heavy atom. The molecule has 1 aromatic heterocycles. The van der Waals surface area contributed by atoms with Gasteiger partial charge in [-0.25, -0.2) is 0 Å². The largest absolute Gasteiger partial charge is 0.342 e. The highest BCUT2D eigenvalue weighted by Crippen LogP contribution is 2.53. The molecule has 0 unspecified atom stereocenters. The number of aromatic nitrogens is 2. The van der Waals surface area contributed by atoms with Gasteiger partial charge in [0.2, 0.25) is 11.8 Å². The van der Waals surface area contributed by atoms with Gasteiger partial charge in [0.15, 0.2) is 0 Å². The Morgan fingerprint density at radius 3 is 2.72 bits per heavy atom. The summed E-state index contributed by atoms with van der Waals surface area (Å²) in [4.78, 5) is 31.2. The molecule has 3 fully saturated rings. The van der Waals surface area contributed by atoms with E-state index in [2.05, 4.69) is 39.9 Å². The van der Waals surface area contributed by atoms with Crippen LogP contribution in [0.5, 0.6) is 0 Å². The molecule has 2 bridgehead atoms. The first-order valence-electron chi connectivity index (χ1n) is 11.2. The van der Waals surface area contributed by atoms with Crippen molar-refractivity contribution in [2.45, 2.75) is 83.7 Å². The van der Waals surface area contributed by atoms with Crippen molar-refractivity contribution in [1.82, 2.24) is 20.0 Å². The summed E-state index contributed by atoms with van der Waals surface area (Å²) in [7, 11) is 0. The van der Waals surface area contributed by atoms with Crippen LogP contribution in [0.2, 0.25) is 0 Å². The van der Waals surface area contributed by atoms with Gasteiger partial charge in [0.25, 0.3) is 0 Å². The first kappa shape index (κ1) is 20.2. The highest BCUT2D eigenvalue weighted by atomic mass is 16.2. The maximum Gasteiger partial charge on any atom is 0.231 e. The van der Waals surface area contributed by atoms with Crippen molar-refractivity contribution >= 4 is 11.8 Å². The van der Waals surface area contributed by atoms with Gasteiger partial charge in [0, 0.05) is 37.8 Å². The molecule has 4 heterocycles. The summed E-state index contributed by atoms with van der Waals surface area (Å²) in [6, 6.07) is 0.269. The molecule has 3 saturated heterocycles. The average Bonchev–Trinajstić information content (AvgIpc) is 3.46. The number of aryl methyl sites for hydroxylation is 1. The van der Waals surface area contributed by atoms with E-state index < -0.39 is 5.41 Å². The van der Waals surface area contributed by atoms with Crippen LogP contribution in [-0.4, -0.2) is 57.0 Å². The zero-order chi connectivity index (χ0) is 20.4. The van der Waals surface area contributed by atoms with Gasteiger partial charge < -0.3 is 9.80 Å². The molecule has 1 aromatic rings. The van der Waals surface area contributed by atoms with Crippen molar-refractivity contribution in [3.63, 3.8) is 0 Å². The number of piperidine rings is 1. The summed E-state index contributed by atoms with van der Waals surface area (Å²) in [6.45, 7) is 5.95. The van der Waals surface area contributed by atoms with E-state index in [0.717, 1.165) is 57.2 Å². The second-order valence-electron chi connectivity index (χ2n) is 9.35. The molecule has 6 nitrogen and oxygen atoms in total. The Balaban J connectivity index is 1.54. The van der Waals surface area contributed by atoms with E-state index >= 15 is 0 Å². The molecule has 0 spiro atoms. The Morgan fingerprint density at radius 1 is 1.24 bits per heavy atom. The first-order chi connectivity index (χ1) is 14.0. The minimum Gasteiger partial charge on any atom is -0.342 e. The van der Waals surface area contributed by atoms with Crippen LogP contribution >= 0.6 is 0 Å². The summed E-state index contributed by atoms with van der Waals surface area (Å²) in [5.74, 6) is 0.499. The van der Waals surface area contributed by atoms with Crippen molar-refractivity contribution in [3.05, 3.63) is 29.6 Å². The van der Waals surface area contributed by atoms with Crippen LogP contribution in [0.15, 0.2) is 24.0 Å². The molecule has 6 heteroatoms. The van der Waals surface area contributed by atoms with Crippen LogP contribution in [0, 0.1) is 5.41 Å². The third-order valence-corrected chi connectivity index (χ3v) is 7.15. The maximum atomic E-state index is 13.8. The van der Waals surface area contributed by atoms with Gasteiger partial charge in [-0.15, -0.1) is 0 Å². The van der Waals surface area contributed by atoms with E-state index in [1.807, 2.05) is 6.20 Å². The lowest BCUT2D eigenvalue weighted by Crippen LogP contribution is -2.52. The van der Waals surface area contributed by atoms with Crippen LogP contribution in [-0.2, 0) is 16.0 Å². The van der Waals surface area contributed by atoms with Crippen molar-refractivity contribution in [3.8, 4) is 0 Å². The molecule has 0 radical (unpaired) electrons. The smallest absolute Gasteiger partial charge is 0.231 e. The zero-order valence-electron chi connectivity index (χ0n) is 17.8. The standard InChI is InChI=1S/C23H34N4O2/c1-17(2)10-11-23(22(29)26-12-4-3-5-13-26)14-19-7-8-20(23)27(19)21(28)9-6-18-15-24-25-16-18/h10,15-16,19-20H,3-9,11-14H2,1-2H3,(H,24,25)/t19-,20+,23+/m1/s1. The predicted octanol–water partition coefficient (Wildman–Crippen LogP) is 3.46. The Kier molecular flexibility index (Phi) is 5.79. The molecule has 3 aliphatic heterocycles. The van der Waals surface area contributed by atoms with Gasteiger partial charge in [-0.3, -0.25) is 14.7 Å². The van der Waals surface area contributed by atoms with E-state index in [0.29, 0.717) is 18.7 Å². The van der Waals surface area contributed by atoms with Gasteiger partial charge in [0.1, 0.15) is 0 Å².